The molecule has 2 N–H and O–H groups in total. The number of unbranched alkanes of at least 4 members (excludes halogenated alkanes) is 2. The highest BCUT2D eigenvalue weighted by molar-refractivity contribution is 9.11. The molecular weight excluding hydrogens is 1090 g/mol. The first-order valence-electron chi connectivity index (χ1n) is 24.6. The molecule has 0 saturated heterocycles. The Morgan fingerprint density at radius 3 is 1.03 bits per heavy atom. The number of halogens is 4. The van der Waals surface area contributed by atoms with Crippen LogP contribution >= 0.6 is 63.7 Å². The van der Waals surface area contributed by atoms with Crippen LogP contribution in [0.15, 0.2) is 139 Å². The van der Waals surface area contributed by atoms with Crippen LogP contribution in [0.1, 0.15) is 161 Å². The fourth-order valence-corrected chi connectivity index (χ4v) is 11.6. The lowest BCUT2D eigenvalue weighted by molar-refractivity contribution is 0.0864. The molecule has 0 aliphatic carbocycles. The number of hydrogen-bond acceptors (Lipinski definition) is 3. The molecule has 0 amide bonds. The summed E-state index contributed by atoms with van der Waals surface area (Å²) in [5.41, 5.74) is 10.7. The monoisotopic (exact) mass is 1150 g/mol. The van der Waals surface area contributed by atoms with E-state index in [9.17, 15) is 10.2 Å². The summed E-state index contributed by atoms with van der Waals surface area (Å²) in [6.45, 7) is 13.5. The van der Waals surface area contributed by atoms with Gasteiger partial charge in [0, 0.05) is 41.9 Å². The van der Waals surface area contributed by atoms with E-state index in [0.717, 1.165) is 125 Å². The molecule has 356 valence electrons. The quantitative estimate of drug-likeness (QED) is 0.0635. The Morgan fingerprint density at radius 2 is 0.731 bits per heavy atom. The van der Waals surface area contributed by atoms with E-state index in [2.05, 4.69) is 227 Å². The minimum Gasteiger partial charge on any atom is -0.457 e. The Labute approximate surface area is 436 Å². The molecule has 0 heterocycles. The standard InChI is InChI=1S/C60H70Br4O3/c1-7-9-19-47(33-39(3)4)59(65)57-45(35-41-21-11-15-25-51(41)61)29-31-55(49(57)37-43-23-13-17-27-53(43)63)67-56-32-30-46(36-42-22-12-16-26-52(42)62)58(50(56)38-44-24-14-18-28-54(44)64)60(66)48(20-10-8-2)34-40(5)6/h11-18,21-32,39-40,47-48,59-60,65-66H,7-10,19-20,33-38H2,1-6H3. The lowest BCUT2D eigenvalue weighted by Crippen LogP contribution is -2.20. The van der Waals surface area contributed by atoms with Crippen molar-refractivity contribution in [1.82, 2.24) is 0 Å². The zero-order valence-corrected chi connectivity index (χ0v) is 46.7. The molecule has 3 nitrogen and oxygen atoms in total. The summed E-state index contributed by atoms with van der Waals surface area (Å²) >= 11 is 15.5. The van der Waals surface area contributed by atoms with Crippen molar-refractivity contribution in [3.05, 3.63) is 195 Å². The number of benzene rings is 6. The van der Waals surface area contributed by atoms with Crippen LogP contribution < -0.4 is 4.74 Å². The van der Waals surface area contributed by atoms with E-state index < -0.39 is 12.2 Å². The van der Waals surface area contributed by atoms with Gasteiger partial charge in [-0.25, -0.2) is 0 Å². The SMILES string of the molecule is CCCCC(CC(C)C)C(O)c1c(Cc2ccccc2Br)ccc(Oc2ccc(Cc3ccccc3Br)c(C(O)C(CCCC)CC(C)C)c2Cc2ccccc2Br)c1Cc1ccccc1Br. The second-order valence-corrected chi connectivity index (χ2v) is 22.8. The van der Waals surface area contributed by atoms with Crippen molar-refractivity contribution in [3.8, 4) is 11.5 Å². The highest BCUT2D eigenvalue weighted by atomic mass is 79.9. The van der Waals surface area contributed by atoms with E-state index in [1.807, 2.05) is 0 Å². The van der Waals surface area contributed by atoms with Crippen molar-refractivity contribution in [2.75, 3.05) is 0 Å². The molecule has 0 saturated carbocycles. The Bertz CT molecular complexity index is 2340. The molecule has 0 aliphatic rings. The Kier molecular flexibility index (Phi) is 20.9. The fraction of sp³-hybridized carbons (Fsp3) is 0.400. The molecule has 6 rings (SSSR count). The summed E-state index contributed by atoms with van der Waals surface area (Å²) in [7, 11) is 0. The Hall–Kier alpha value is -3.04. The summed E-state index contributed by atoms with van der Waals surface area (Å²) in [4.78, 5) is 0. The predicted octanol–water partition coefficient (Wildman–Crippen LogP) is 18.7. The zero-order valence-electron chi connectivity index (χ0n) is 40.3. The van der Waals surface area contributed by atoms with E-state index in [4.69, 9.17) is 4.74 Å². The van der Waals surface area contributed by atoms with Crippen molar-refractivity contribution >= 4 is 63.7 Å². The van der Waals surface area contributed by atoms with E-state index in [0.29, 0.717) is 37.5 Å². The molecule has 0 radical (unpaired) electrons. The van der Waals surface area contributed by atoms with Gasteiger partial charge >= 0.3 is 0 Å². The lowest BCUT2D eigenvalue weighted by atomic mass is 9.79. The van der Waals surface area contributed by atoms with Crippen LogP contribution in [-0.4, -0.2) is 10.2 Å². The maximum absolute atomic E-state index is 13.1. The van der Waals surface area contributed by atoms with Crippen LogP contribution in [0.25, 0.3) is 0 Å². The number of hydrogen-bond donors (Lipinski definition) is 2. The third kappa shape index (κ3) is 14.5. The van der Waals surface area contributed by atoms with Crippen molar-refractivity contribution in [1.29, 1.82) is 0 Å². The summed E-state index contributed by atoms with van der Waals surface area (Å²) in [6.07, 6.45) is 8.94. The average Bonchev–Trinajstić information content (AvgIpc) is 3.30. The first kappa shape index (κ1) is 53.3. The molecule has 4 unspecified atom stereocenters. The van der Waals surface area contributed by atoms with Crippen LogP contribution in [0.5, 0.6) is 11.5 Å². The minimum absolute atomic E-state index is 0.0662. The average molecular weight is 1160 g/mol. The second-order valence-electron chi connectivity index (χ2n) is 19.4. The smallest absolute Gasteiger partial charge is 0.131 e. The van der Waals surface area contributed by atoms with Gasteiger partial charge in [0.15, 0.2) is 0 Å². The number of aliphatic hydroxyl groups is 2. The summed E-state index contributed by atoms with van der Waals surface area (Å²) in [5, 5.41) is 26.2. The maximum atomic E-state index is 13.1. The topological polar surface area (TPSA) is 49.7 Å². The van der Waals surface area contributed by atoms with Gasteiger partial charge < -0.3 is 14.9 Å². The molecule has 6 aromatic carbocycles. The van der Waals surface area contributed by atoms with E-state index in [1.54, 1.807) is 0 Å². The van der Waals surface area contributed by atoms with Crippen LogP contribution in [0.3, 0.4) is 0 Å². The number of rotatable bonds is 24. The molecule has 67 heavy (non-hydrogen) atoms. The fourth-order valence-electron chi connectivity index (χ4n) is 9.89. The Balaban J connectivity index is 1.65. The van der Waals surface area contributed by atoms with E-state index >= 15 is 0 Å². The van der Waals surface area contributed by atoms with Gasteiger partial charge in [-0.1, -0.05) is 216 Å². The number of ether oxygens (including phenoxy) is 1. The highest BCUT2D eigenvalue weighted by Crippen LogP contribution is 2.46. The van der Waals surface area contributed by atoms with Gasteiger partial charge in [0.1, 0.15) is 11.5 Å². The van der Waals surface area contributed by atoms with Gasteiger partial charge in [0.25, 0.3) is 0 Å². The van der Waals surface area contributed by atoms with Gasteiger partial charge in [-0.3, -0.25) is 0 Å². The van der Waals surface area contributed by atoms with Crippen LogP contribution in [0.2, 0.25) is 0 Å². The lowest BCUT2D eigenvalue weighted by Gasteiger charge is -2.31. The zero-order chi connectivity index (χ0) is 48.0. The largest absolute Gasteiger partial charge is 0.457 e. The third-order valence-corrected chi connectivity index (χ3v) is 16.3. The molecule has 0 aromatic heterocycles. The van der Waals surface area contributed by atoms with Gasteiger partial charge in [-0.05, 0) is 143 Å². The normalized spacial score (nSPS) is 13.5. The molecule has 7 heteroatoms. The molecule has 4 atom stereocenters. The number of aliphatic hydroxyl groups excluding tert-OH is 2. The summed E-state index contributed by atoms with van der Waals surface area (Å²) in [5.74, 6) is 2.41. The third-order valence-electron chi connectivity index (χ3n) is 13.2. The highest BCUT2D eigenvalue weighted by Gasteiger charge is 2.32. The van der Waals surface area contributed by atoms with Crippen LogP contribution in [0.4, 0.5) is 0 Å². The van der Waals surface area contributed by atoms with Crippen molar-refractivity contribution in [3.63, 3.8) is 0 Å². The first-order chi connectivity index (χ1) is 32.3. The van der Waals surface area contributed by atoms with Gasteiger partial charge in [0.2, 0.25) is 0 Å². The van der Waals surface area contributed by atoms with Crippen molar-refractivity contribution in [2.24, 2.45) is 23.7 Å². The minimum atomic E-state index is -0.716. The maximum Gasteiger partial charge on any atom is 0.131 e. The van der Waals surface area contributed by atoms with Crippen LogP contribution in [0, 0.1) is 23.7 Å². The van der Waals surface area contributed by atoms with Crippen molar-refractivity contribution < 1.29 is 14.9 Å². The van der Waals surface area contributed by atoms with Gasteiger partial charge in [0.05, 0.1) is 12.2 Å². The van der Waals surface area contributed by atoms with E-state index in [-0.39, 0.29) is 11.8 Å². The molecule has 6 aromatic rings. The summed E-state index contributed by atoms with van der Waals surface area (Å²) in [6, 6.07) is 42.3. The Morgan fingerprint density at radius 1 is 0.418 bits per heavy atom. The molecule has 0 aliphatic heterocycles. The predicted molar refractivity (Wildman–Crippen MR) is 296 cm³/mol. The van der Waals surface area contributed by atoms with Crippen LogP contribution in [-0.2, 0) is 25.7 Å². The molecule has 0 spiro atoms. The van der Waals surface area contributed by atoms with Crippen molar-refractivity contribution in [2.45, 2.75) is 131 Å². The molecular formula is C60H70Br4O3. The molecule has 0 fully saturated rings. The van der Waals surface area contributed by atoms with Gasteiger partial charge in [-0.15, -0.1) is 0 Å². The molecule has 0 bridgehead atoms. The van der Waals surface area contributed by atoms with E-state index in [1.165, 1.54) is 11.1 Å². The first-order valence-corrected chi connectivity index (χ1v) is 27.7. The summed E-state index contributed by atoms with van der Waals surface area (Å²) < 4.78 is 11.6. The second kappa shape index (κ2) is 26.2. The van der Waals surface area contributed by atoms with Gasteiger partial charge in [-0.2, -0.15) is 0 Å².